The Balaban J connectivity index is 0.00000225. The number of aliphatic imine (C=N–C) groups is 1. The van der Waals surface area contributed by atoms with E-state index in [1.807, 2.05) is 13.8 Å². The van der Waals surface area contributed by atoms with Crippen LogP contribution < -0.4 is 10.6 Å². The number of thiazole rings is 1. The molecule has 1 aromatic heterocycles. The fourth-order valence-corrected chi connectivity index (χ4v) is 3.56. The van der Waals surface area contributed by atoms with Crippen LogP contribution >= 0.6 is 35.3 Å². The Morgan fingerprint density at radius 2 is 2.00 bits per heavy atom. The molecule has 8 heteroatoms. The first-order valence-electron chi connectivity index (χ1n) is 7.83. The highest BCUT2D eigenvalue weighted by atomic mass is 127. The van der Waals surface area contributed by atoms with E-state index in [4.69, 9.17) is 0 Å². The van der Waals surface area contributed by atoms with Crippen molar-refractivity contribution in [2.45, 2.75) is 38.8 Å². The van der Waals surface area contributed by atoms with Gasteiger partial charge in [0.15, 0.2) is 5.96 Å². The Morgan fingerprint density at radius 3 is 2.56 bits per heavy atom. The van der Waals surface area contributed by atoms with Crippen molar-refractivity contribution >= 4 is 41.3 Å². The van der Waals surface area contributed by atoms with E-state index in [-0.39, 0.29) is 41.5 Å². The van der Waals surface area contributed by atoms with Crippen molar-refractivity contribution < 1.29 is 8.78 Å². The molecule has 1 fully saturated rings. The molecule has 0 bridgehead atoms. The van der Waals surface area contributed by atoms with Crippen molar-refractivity contribution in [2.75, 3.05) is 7.05 Å². The van der Waals surface area contributed by atoms with Crippen LogP contribution in [0.25, 0.3) is 0 Å². The van der Waals surface area contributed by atoms with Crippen molar-refractivity contribution in [3.8, 4) is 0 Å². The molecule has 1 aliphatic carbocycles. The summed E-state index contributed by atoms with van der Waals surface area (Å²) in [5.41, 5.74) is 1.20. The predicted molar refractivity (Wildman–Crippen MR) is 108 cm³/mol. The maximum atomic E-state index is 13.8. The van der Waals surface area contributed by atoms with Crippen LogP contribution in [-0.2, 0) is 6.54 Å². The first kappa shape index (κ1) is 20.0. The van der Waals surface area contributed by atoms with Crippen LogP contribution in [-0.4, -0.2) is 24.0 Å². The molecule has 1 heterocycles. The number of guanidine groups is 1. The van der Waals surface area contributed by atoms with Gasteiger partial charge in [-0.3, -0.25) is 4.99 Å². The van der Waals surface area contributed by atoms with Gasteiger partial charge in [0.25, 0.3) is 0 Å². The Bertz CT molecular complexity index is 738. The van der Waals surface area contributed by atoms with E-state index in [0.717, 1.165) is 10.7 Å². The van der Waals surface area contributed by atoms with E-state index < -0.39 is 11.6 Å². The molecule has 0 spiro atoms. The standard InChI is InChI=1S/C17H20F2N4S.HI/c1-9-10(2)24-15(22-9)8-21-17(20-3)23-14-7-11(14)16-12(18)5-4-6-13(16)19;/h4-6,11,14H,7-8H2,1-3H3,(H2,20,21,23);1H. The SMILES string of the molecule is CN=C(NCc1nc(C)c(C)s1)NC1CC1c1c(F)cccc1F.I. The molecule has 1 saturated carbocycles. The lowest BCUT2D eigenvalue weighted by atomic mass is 10.1. The molecule has 0 amide bonds. The summed E-state index contributed by atoms with van der Waals surface area (Å²) in [6.45, 7) is 4.60. The van der Waals surface area contributed by atoms with E-state index >= 15 is 0 Å². The monoisotopic (exact) mass is 478 g/mol. The third-order valence-corrected chi connectivity index (χ3v) is 5.26. The van der Waals surface area contributed by atoms with E-state index in [2.05, 4.69) is 20.6 Å². The maximum Gasteiger partial charge on any atom is 0.191 e. The summed E-state index contributed by atoms with van der Waals surface area (Å²) < 4.78 is 27.6. The molecule has 136 valence electrons. The minimum atomic E-state index is -0.485. The van der Waals surface area contributed by atoms with E-state index in [0.29, 0.717) is 18.9 Å². The lowest BCUT2D eigenvalue weighted by Gasteiger charge is -2.11. The van der Waals surface area contributed by atoms with Crippen LogP contribution in [0.5, 0.6) is 0 Å². The number of benzene rings is 1. The Morgan fingerprint density at radius 1 is 1.32 bits per heavy atom. The molecular weight excluding hydrogens is 457 g/mol. The molecule has 2 N–H and O–H groups in total. The van der Waals surface area contributed by atoms with Gasteiger partial charge in [-0.1, -0.05) is 6.07 Å². The topological polar surface area (TPSA) is 49.3 Å². The molecule has 0 radical (unpaired) electrons. The maximum absolute atomic E-state index is 13.8. The summed E-state index contributed by atoms with van der Waals surface area (Å²) in [5, 5.41) is 7.40. The van der Waals surface area contributed by atoms with E-state index in [9.17, 15) is 8.78 Å². The van der Waals surface area contributed by atoms with Crippen molar-refractivity contribution in [1.82, 2.24) is 15.6 Å². The average molecular weight is 478 g/mol. The number of rotatable bonds is 4. The van der Waals surface area contributed by atoms with Crippen LogP contribution in [0.3, 0.4) is 0 Å². The van der Waals surface area contributed by atoms with Crippen LogP contribution in [0, 0.1) is 25.5 Å². The summed E-state index contributed by atoms with van der Waals surface area (Å²) >= 11 is 1.65. The fourth-order valence-electron chi connectivity index (χ4n) is 2.68. The van der Waals surface area contributed by atoms with Gasteiger partial charge in [-0.15, -0.1) is 35.3 Å². The van der Waals surface area contributed by atoms with Gasteiger partial charge in [-0.2, -0.15) is 0 Å². The number of nitrogens with one attached hydrogen (secondary N) is 2. The molecule has 1 aromatic carbocycles. The summed E-state index contributed by atoms with van der Waals surface area (Å²) in [6.07, 6.45) is 0.689. The van der Waals surface area contributed by atoms with Crippen molar-refractivity contribution in [3.05, 3.63) is 51.0 Å². The van der Waals surface area contributed by atoms with Gasteiger partial charge in [0.1, 0.15) is 16.6 Å². The van der Waals surface area contributed by atoms with Crippen molar-refractivity contribution in [2.24, 2.45) is 4.99 Å². The molecular formula is C17H21F2IN4S. The summed E-state index contributed by atoms with van der Waals surface area (Å²) in [5.74, 6) is -0.513. The quantitative estimate of drug-likeness (QED) is 0.399. The van der Waals surface area contributed by atoms with Gasteiger partial charge < -0.3 is 10.6 Å². The second-order valence-corrected chi connectivity index (χ2v) is 7.19. The first-order chi connectivity index (χ1) is 11.5. The molecule has 3 rings (SSSR count). The lowest BCUT2D eigenvalue weighted by Crippen LogP contribution is -2.38. The van der Waals surface area contributed by atoms with Gasteiger partial charge in [0.2, 0.25) is 0 Å². The van der Waals surface area contributed by atoms with Crippen LogP contribution in [0.1, 0.15) is 33.5 Å². The number of aryl methyl sites for hydroxylation is 2. The van der Waals surface area contributed by atoms with Crippen LogP contribution in [0.15, 0.2) is 23.2 Å². The summed E-state index contributed by atoms with van der Waals surface area (Å²) in [7, 11) is 1.68. The molecule has 0 aliphatic heterocycles. The third-order valence-electron chi connectivity index (χ3n) is 4.19. The number of hydrogen-bond acceptors (Lipinski definition) is 3. The van der Waals surface area contributed by atoms with Gasteiger partial charge in [-0.05, 0) is 32.4 Å². The number of halogens is 3. The summed E-state index contributed by atoms with van der Waals surface area (Å²) in [4.78, 5) is 9.84. The van der Waals surface area contributed by atoms with Gasteiger partial charge in [0, 0.05) is 29.4 Å². The molecule has 2 aromatic rings. The van der Waals surface area contributed by atoms with Gasteiger partial charge >= 0.3 is 0 Å². The molecule has 0 saturated heterocycles. The van der Waals surface area contributed by atoms with Crippen LogP contribution in [0.2, 0.25) is 0 Å². The highest BCUT2D eigenvalue weighted by molar-refractivity contribution is 14.0. The predicted octanol–water partition coefficient (Wildman–Crippen LogP) is 3.88. The van der Waals surface area contributed by atoms with Crippen molar-refractivity contribution in [3.63, 3.8) is 0 Å². The lowest BCUT2D eigenvalue weighted by molar-refractivity contribution is 0.553. The minimum Gasteiger partial charge on any atom is -0.353 e. The minimum absolute atomic E-state index is 0. The number of hydrogen-bond donors (Lipinski definition) is 2. The highest BCUT2D eigenvalue weighted by Gasteiger charge is 2.42. The molecule has 2 unspecified atom stereocenters. The number of aromatic nitrogens is 1. The highest BCUT2D eigenvalue weighted by Crippen LogP contribution is 2.43. The zero-order valence-corrected chi connectivity index (χ0v) is 17.4. The number of nitrogens with zero attached hydrogens (tertiary/aromatic N) is 2. The van der Waals surface area contributed by atoms with Crippen molar-refractivity contribution in [1.29, 1.82) is 0 Å². The Kier molecular flexibility index (Phi) is 6.72. The normalized spacial score (nSPS) is 19.3. The van der Waals surface area contributed by atoms with Crippen LogP contribution in [0.4, 0.5) is 8.78 Å². The van der Waals surface area contributed by atoms with Gasteiger partial charge in [0.05, 0.1) is 12.2 Å². The first-order valence-corrected chi connectivity index (χ1v) is 8.65. The largest absolute Gasteiger partial charge is 0.353 e. The average Bonchev–Trinajstić information content (AvgIpc) is 3.21. The fraction of sp³-hybridized carbons (Fsp3) is 0.412. The zero-order valence-electron chi connectivity index (χ0n) is 14.3. The molecule has 2 atom stereocenters. The summed E-state index contributed by atoms with van der Waals surface area (Å²) in [6, 6.07) is 3.97. The Hall–Kier alpha value is -1.29. The second-order valence-electron chi connectivity index (χ2n) is 5.90. The van der Waals surface area contributed by atoms with E-state index in [1.165, 1.54) is 23.1 Å². The molecule has 4 nitrogen and oxygen atoms in total. The molecule has 25 heavy (non-hydrogen) atoms. The van der Waals surface area contributed by atoms with Gasteiger partial charge in [-0.25, -0.2) is 13.8 Å². The molecule has 1 aliphatic rings. The van der Waals surface area contributed by atoms with E-state index in [1.54, 1.807) is 18.4 Å². The smallest absolute Gasteiger partial charge is 0.191 e. The second kappa shape index (κ2) is 8.39. The zero-order chi connectivity index (χ0) is 17.3. The Labute approximate surface area is 167 Å². The third kappa shape index (κ3) is 4.66.